The van der Waals surface area contributed by atoms with Gasteiger partial charge in [0, 0.05) is 29.2 Å². The zero-order valence-electron chi connectivity index (χ0n) is 20.3. The number of nitrogens with one attached hydrogen (secondary N) is 1. The predicted molar refractivity (Wildman–Crippen MR) is 147 cm³/mol. The van der Waals surface area contributed by atoms with Crippen LogP contribution in [0.2, 0.25) is 5.02 Å². The molecule has 0 aliphatic carbocycles. The predicted octanol–water partition coefficient (Wildman–Crippen LogP) is 6.39. The molecule has 8 heteroatoms. The van der Waals surface area contributed by atoms with Gasteiger partial charge in [-0.1, -0.05) is 71.3 Å². The molecule has 0 radical (unpaired) electrons. The fourth-order valence-electron chi connectivity index (χ4n) is 4.65. The van der Waals surface area contributed by atoms with Crippen LogP contribution >= 0.6 is 22.9 Å². The van der Waals surface area contributed by atoms with Gasteiger partial charge in [-0.15, -0.1) is 0 Å². The summed E-state index contributed by atoms with van der Waals surface area (Å²) in [6.45, 7) is 3.95. The van der Waals surface area contributed by atoms with E-state index in [1.165, 1.54) is 5.56 Å². The monoisotopic (exact) mass is 520 g/mol. The van der Waals surface area contributed by atoms with E-state index < -0.39 is 0 Å². The third-order valence-corrected chi connectivity index (χ3v) is 7.75. The van der Waals surface area contributed by atoms with Crippen molar-refractivity contribution in [2.24, 2.45) is 0 Å². The molecule has 0 saturated carbocycles. The number of hydrogen-bond acceptors (Lipinski definition) is 6. The van der Waals surface area contributed by atoms with Crippen LogP contribution in [0.4, 0.5) is 5.82 Å². The van der Waals surface area contributed by atoms with E-state index in [0.717, 1.165) is 95.4 Å². The lowest BCUT2D eigenvalue weighted by atomic mass is 10.0. The number of hydrogen-bond donors (Lipinski definition) is 2. The molecule has 0 atom stereocenters. The first-order valence-electron chi connectivity index (χ1n) is 12.4. The van der Waals surface area contributed by atoms with Gasteiger partial charge in [0.1, 0.15) is 0 Å². The van der Waals surface area contributed by atoms with Crippen LogP contribution < -0.4 is 9.77 Å². The summed E-state index contributed by atoms with van der Waals surface area (Å²) >= 11 is 7.26. The van der Waals surface area contributed by atoms with Crippen molar-refractivity contribution >= 4 is 28.8 Å². The summed E-state index contributed by atoms with van der Waals surface area (Å²) < 4.78 is 0. The number of aromatic hydroxyl groups is 1. The fraction of sp³-hybridized carbons (Fsp3) is 0.321. The third-order valence-electron chi connectivity index (χ3n) is 6.56. The number of rotatable bonds is 8. The molecule has 0 unspecified atom stereocenters. The van der Waals surface area contributed by atoms with E-state index in [1.54, 1.807) is 0 Å². The maximum atomic E-state index is 11.4. The molecule has 0 spiro atoms. The maximum absolute atomic E-state index is 11.4. The molecule has 0 amide bonds. The summed E-state index contributed by atoms with van der Waals surface area (Å²) in [5, 5.41) is 10.5. The number of aromatic amines is 1. The van der Waals surface area contributed by atoms with E-state index in [1.807, 2.05) is 24.3 Å². The molecule has 0 saturated heterocycles. The zero-order valence-corrected chi connectivity index (χ0v) is 21.8. The summed E-state index contributed by atoms with van der Waals surface area (Å²) in [7, 11) is 0. The first-order valence-corrected chi connectivity index (χ1v) is 13.6. The zero-order chi connectivity index (χ0) is 25.1. The SMILES string of the molecule is Cc1ccc(-c2nc3c(nc2-c2ccc(Cl)cc2)N(CCCCCc2sc(=O)[nH]c2O)CCC3)cc1. The van der Waals surface area contributed by atoms with Gasteiger partial charge in [0.25, 0.3) is 0 Å². The van der Waals surface area contributed by atoms with E-state index in [9.17, 15) is 9.90 Å². The van der Waals surface area contributed by atoms with Crippen LogP contribution in [-0.4, -0.2) is 33.1 Å². The number of H-pyrrole nitrogens is 1. The highest BCUT2D eigenvalue weighted by Gasteiger charge is 2.23. The second-order valence-electron chi connectivity index (χ2n) is 9.25. The molecule has 186 valence electrons. The Kier molecular flexibility index (Phi) is 7.39. The van der Waals surface area contributed by atoms with Crippen LogP contribution in [0.3, 0.4) is 0 Å². The first-order chi connectivity index (χ1) is 17.5. The Hall–Kier alpha value is -3.16. The standard InChI is InChI=1S/C28H29ClN4O2S/c1-18-8-10-19(11-9-18)24-25(20-12-14-21(29)15-13-20)31-26-22(30-24)6-5-17-33(26)16-4-2-3-7-23-27(34)32-28(35)36-23/h8-15,34H,2-7,16-17H2,1H3,(H,32,35). The van der Waals surface area contributed by atoms with Crippen molar-refractivity contribution in [3.05, 3.63) is 79.4 Å². The number of nitrogens with zero attached hydrogens (tertiary/aromatic N) is 3. The van der Waals surface area contributed by atoms with E-state index in [4.69, 9.17) is 21.6 Å². The smallest absolute Gasteiger partial charge is 0.307 e. The molecular formula is C28H29ClN4O2S. The normalized spacial score (nSPS) is 13.1. The minimum absolute atomic E-state index is 0.0179. The van der Waals surface area contributed by atoms with Gasteiger partial charge in [-0.25, -0.2) is 9.97 Å². The Labute approximate surface area is 219 Å². The van der Waals surface area contributed by atoms with Crippen molar-refractivity contribution < 1.29 is 5.11 Å². The second-order valence-corrected chi connectivity index (χ2v) is 10.8. The van der Waals surface area contributed by atoms with Crippen molar-refractivity contribution in [1.82, 2.24) is 15.0 Å². The van der Waals surface area contributed by atoms with Crippen LogP contribution in [0, 0.1) is 6.92 Å². The van der Waals surface area contributed by atoms with Crippen molar-refractivity contribution in [3.63, 3.8) is 0 Å². The van der Waals surface area contributed by atoms with Crippen LogP contribution in [-0.2, 0) is 12.8 Å². The maximum Gasteiger partial charge on any atom is 0.307 e. The highest BCUT2D eigenvalue weighted by atomic mass is 35.5. The Balaban J connectivity index is 1.37. The highest BCUT2D eigenvalue weighted by molar-refractivity contribution is 7.09. The summed E-state index contributed by atoms with van der Waals surface area (Å²) in [6.07, 6.45) is 5.64. The summed E-state index contributed by atoms with van der Waals surface area (Å²) in [4.78, 5) is 27.1. The van der Waals surface area contributed by atoms with Gasteiger partial charge in [0.2, 0.25) is 5.88 Å². The van der Waals surface area contributed by atoms with Crippen LogP contribution in [0.1, 0.15) is 41.8 Å². The number of thiazole rings is 1. The third kappa shape index (κ3) is 5.47. The van der Waals surface area contributed by atoms with E-state index in [0.29, 0.717) is 11.4 Å². The average Bonchev–Trinajstić information content (AvgIpc) is 3.20. The molecule has 0 bridgehead atoms. The molecular weight excluding hydrogens is 492 g/mol. The molecule has 2 aromatic carbocycles. The molecule has 5 rings (SSSR count). The number of benzene rings is 2. The van der Waals surface area contributed by atoms with Crippen molar-refractivity contribution in [2.75, 3.05) is 18.0 Å². The first kappa shape index (κ1) is 24.5. The quantitative estimate of drug-likeness (QED) is 0.263. The Morgan fingerprint density at radius 2 is 1.69 bits per heavy atom. The van der Waals surface area contributed by atoms with Gasteiger partial charge in [0.05, 0.1) is 22.0 Å². The molecule has 4 aromatic rings. The van der Waals surface area contributed by atoms with Crippen LogP contribution in [0.15, 0.2) is 53.3 Å². The minimum Gasteiger partial charge on any atom is -0.494 e. The Morgan fingerprint density at radius 3 is 2.39 bits per heavy atom. The molecule has 36 heavy (non-hydrogen) atoms. The molecule has 2 N–H and O–H groups in total. The second kappa shape index (κ2) is 10.8. The van der Waals surface area contributed by atoms with Gasteiger partial charge >= 0.3 is 4.87 Å². The van der Waals surface area contributed by atoms with Crippen molar-refractivity contribution in [1.29, 1.82) is 0 Å². The van der Waals surface area contributed by atoms with E-state index >= 15 is 0 Å². The van der Waals surface area contributed by atoms with Crippen LogP contribution in [0.25, 0.3) is 22.5 Å². The lowest BCUT2D eigenvalue weighted by Gasteiger charge is -2.30. The Bertz CT molecular complexity index is 1400. The van der Waals surface area contributed by atoms with Crippen molar-refractivity contribution in [2.45, 2.75) is 45.4 Å². The summed E-state index contributed by atoms with van der Waals surface area (Å²) in [5.74, 6) is 0.993. The van der Waals surface area contributed by atoms with Gasteiger partial charge in [-0.05, 0) is 51.2 Å². The Morgan fingerprint density at radius 1 is 1.00 bits per heavy atom. The van der Waals surface area contributed by atoms with E-state index in [-0.39, 0.29) is 10.8 Å². The lowest BCUT2D eigenvalue weighted by molar-refractivity contribution is 0.448. The summed E-state index contributed by atoms with van der Waals surface area (Å²) in [6, 6.07) is 16.3. The molecule has 2 aromatic heterocycles. The average molecular weight is 521 g/mol. The highest BCUT2D eigenvalue weighted by Crippen LogP contribution is 2.35. The van der Waals surface area contributed by atoms with Crippen LogP contribution in [0.5, 0.6) is 5.88 Å². The molecule has 6 nitrogen and oxygen atoms in total. The van der Waals surface area contributed by atoms with Gasteiger partial charge < -0.3 is 10.0 Å². The minimum atomic E-state index is -0.201. The van der Waals surface area contributed by atoms with Gasteiger partial charge in [-0.2, -0.15) is 0 Å². The number of halogens is 1. The molecule has 0 fully saturated rings. The van der Waals surface area contributed by atoms with Gasteiger partial charge in [0.15, 0.2) is 5.82 Å². The lowest BCUT2D eigenvalue weighted by Crippen LogP contribution is -2.32. The molecule has 1 aliphatic rings. The number of aromatic nitrogens is 3. The van der Waals surface area contributed by atoms with Crippen molar-refractivity contribution in [3.8, 4) is 28.4 Å². The number of fused-ring (bicyclic) bond motifs is 1. The number of anilines is 1. The molecule has 3 heterocycles. The number of unbranched alkanes of at least 4 members (excludes halogenated alkanes) is 2. The van der Waals surface area contributed by atoms with Gasteiger partial charge in [-0.3, -0.25) is 9.78 Å². The topological polar surface area (TPSA) is 82.1 Å². The fourth-order valence-corrected chi connectivity index (χ4v) is 5.54. The largest absolute Gasteiger partial charge is 0.494 e. The molecule has 1 aliphatic heterocycles. The summed E-state index contributed by atoms with van der Waals surface area (Å²) in [5.41, 5.74) is 6.11. The number of aryl methyl sites for hydroxylation is 3. The van der Waals surface area contributed by atoms with E-state index in [2.05, 4.69) is 41.1 Å².